The average Bonchev–Trinajstić information content (AvgIpc) is 2.79. The molecule has 1 saturated heterocycles. The Hall–Kier alpha value is -1.47. The molecule has 3 rings (SSSR count). The van der Waals surface area contributed by atoms with Gasteiger partial charge in [-0.15, -0.1) is 0 Å². The Morgan fingerprint density at radius 2 is 2.11 bits per heavy atom. The molecule has 0 atom stereocenters. The number of hydrogen-bond acceptors (Lipinski definition) is 7. The van der Waals surface area contributed by atoms with E-state index in [4.69, 9.17) is 4.74 Å². The van der Waals surface area contributed by atoms with Crippen molar-refractivity contribution in [3.05, 3.63) is 6.20 Å². The van der Waals surface area contributed by atoms with Gasteiger partial charge in [-0.2, -0.15) is 4.98 Å². The first-order valence-corrected chi connectivity index (χ1v) is 7.27. The molecule has 1 aliphatic rings. The first kappa shape index (κ1) is 12.6. The molecule has 2 aromatic heterocycles. The molecule has 102 valence electrons. The van der Waals surface area contributed by atoms with Crippen molar-refractivity contribution < 1.29 is 4.74 Å². The van der Waals surface area contributed by atoms with Gasteiger partial charge in [0.05, 0.1) is 19.4 Å². The van der Waals surface area contributed by atoms with E-state index in [0.717, 1.165) is 42.1 Å². The van der Waals surface area contributed by atoms with Crippen LogP contribution in [0.5, 0.6) is 0 Å². The Balaban J connectivity index is 1.87. The minimum absolute atomic E-state index is 0.360. The summed E-state index contributed by atoms with van der Waals surface area (Å²) in [5, 5.41) is 4.17. The van der Waals surface area contributed by atoms with Crippen molar-refractivity contribution in [3.63, 3.8) is 0 Å². The van der Waals surface area contributed by atoms with Crippen LogP contribution >= 0.6 is 11.3 Å². The van der Waals surface area contributed by atoms with Crippen molar-refractivity contribution in [2.45, 2.75) is 19.9 Å². The molecule has 0 bridgehead atoms. The highest BCUT2D eigenvalue weighted by molar-refractivity contribution is 7.21. The summed E-state index contributed by atoms with van der Waals surface area (Å²) >= 11 is 1.55. The van der Waals surface area contributed by atoms with E-state index in [0.29, 0.717) is 11.7 Å². The number of hydrogen-bond donors (Lipinski definition) is 1. The van der Waals surface area contributed by atoms with Gasteiger partial charge in [-0.25, -0.2) is 9.97 Å². The Bertz CT molecular complexity index is 564. The monoisotopic (exact) mass is 279 g/mol. The molecule has 3 heterocycles. The van der Waals surface area contributed by atoms with Crippen LogP contribution in [0.3, 0.4) is 0 Å². The summed E-state index contributed by atoms with van der Waals surface area (Å²) in [6.45, 7) is 7.43. The van der Waals surface area contributed by atoms with Gasteiger partial charge >= 0.3 is 0 Å². The number of nitrogens with zero attached hydrogens (tertiary/aromatic N) is 4. The maximum atomic E-state index is 5.35. The van der Waals surface area contributed by atoms with Crippen molar-refractivity contribution in [2.75, 3.05) is 36.5 Å². The van der Waals surface area contributed by atoms with E-state index in [1.54, 1.807) is 17.5 Å². The van der Waals surface area contributed by atoms with Crippen LogP contribution in [0.2, 0.25) is 0 Å². The fourth-order valence-corrected chi connectivity index (χ4v) is 2.90. The maximum Gasteiger partial charge on any atom is 0.191 e. The number of anilines is 2. The molecule has 6 nitrogen and oxygen atoms in total. The Labute approximate surface area is 115 Å². The van der Waals surface area contributed by atoms with Crippen LogP contribution in [0.1, 0.15) is 13.8 Å². The fraction of sp³-hybridized carbons (Fsp3) is 0.583. The number of nitrogens with one attached hydrogen (secondary N) is 1. The summed E-state index contributed by atoms with van der Waals surface area (Å²) in [5.41, 5.74) is 0.713. The van der Waals surface area contributed by atoms with E-state index in [1.165, 1.54) is 0 Å². The third kappa shape index (κ3) is 2.76. The zero-order valence-electron chi connectivity index (χ0n) is 11.1. The smallest absolute Gasteiger partial charge is 0.191 e. The van der Waals surface area contributed by atoms with Crippen molar-refractivity contribution in [2.24, 2.45) is 0 Å². The zero-order chi connectivity index (χ0) is 13.2. The van der Waals surface area contributed by atoms with Gasteiger partial charge in [0.15, 0.2) is 15.6 Å². The molecule has 0 saturated carbocycles. The van der Waals surface area contributed by atoms with E-state index in [9.17, 15) is 0 Å². The second kappa shape index (κ2) is 5.26. The number of ether oxygens (including phenoxy) is 1. The van der Waals surface area contributed by atoms with Crippen LogP contribution in [0.4, 0.5) is 10.9 Å². The Morgan fingerprint density at radius 1 is 1.32 bits per heavy atom. The Morgan fingerprint density at radius 3 is 2.84 bits per heavy atom. The van der Waals surface area contributed by atoms with E-state index in [2.05, 4.69) is 39.0 Å². The van der Waals surface area contributed by atoms with E-state index >= 15 is 0 Å². The summed E-state index contributed by atoms with van der Waals surface area (Å²) in [7, 11) is 0. The van der Waals surface area contributed by atoms with Gasteiger partial charge in [0, 0.05) is 19.1 Å². The quantitative estimate of drug-likeness (QED) is 0.923. The van der Waals surface area contributed by atoms with Gasteiger partial charge < -0.3 is 15.0 Å². The molecule has 0 unspecified atom stereocenters. The second-order valence-electron chi connectivity index (χ2n) is 4.77. The maximum absolute atomic E-state index is 5.35. The first-order valence-electron chi connectivity index (χ1n) is 6.45. The lowest BCUT2D eigenvalue weighted by molar-refractivity contribution is 0.122. The topological polar surface area (TPSA) is 63.2 Å². The highest BCUT2D eigenvalue weighted by Crippen LogP contribution is 2.25. The van der Waals surface area contributed by atoms with E-state index in [1.807, 2.05) is 0 Å². The number of morpholine rings is 1. The summed E-state index contributed by atoms with van der Waals surface area (Å²) in [4.78, 5) is 16.6. The van der Waals surface area contributed by atoms with Gasteiger partial charge in [0.2, 0.25) is 0 Å². The standard InChI is InChI=1S/C12H17N5OS/c1-8(2)14-12-16-10-11(19-12)15-9(7-13-10)17-3-5-18-6-4-17/h7-8H,3-6H2,1-2H3,(H,13,14,16). The van der Waals surface area contributed by atoms with Crippen LogP contribution < -0.4 is 10.2 Å². The Kier molecular flexibility index (Phi) is 3.48. The summed E-state index contributed by atoms with van der Waals surface area (Å²) in [5.74, 6) is 0.913. The highest BCUT2D eigenvalue weighted by atomic mass is 32.1. The fourth-order valence-electron chi connectivity index (χ4n) is 1.97. The molecule has 1 N–H and O–H groups in total. The van der Waals surface area contributed by atoms with E-state index < -0.39 is 0 Å². The minimum atomic E-state index is 0.360. The lowest BCUT2D eigenvalue weighted by Gasteiger charge is -2.27. The number of rotatable bonds is 3. The molecule has 1 aliphatic heterocycles. The predicted molar refractivity (Wildman–Crippen MR) is 77.0 cm³/mol. The molecule has 0 aromatic carbocycles. The van der Waals surface area contributed by atoms with Crippen LogP contribution in [0.15, 0.2) is 6.20 Å². The number of thiazole rings is 1. The van der Waals surface area contributed by atoms with Crippen LogP contribution in [0, 0.1) is 0 Å². The van der Waals surface area contributed by atoms with Gasteiger partial charge in [-0.3, -0.25) is 0 Å². The third-order valence-electron chi connectivity index (χ3n) is 2.86. The van der Waals surface area contributed by atoms with Crippen LogP contribution in [0.25, 0.3) is 10.5 Å². The van der Waals surface area contributed by atoms with Crippen molar-refractivity contribution in [1.29, 1.82) is 0 Å². The highest BCUT2D eigenvalue weighted by Gasteiger charge is 2.15. The molecule has 0 spiro atoms. The molecular weight excluding hydrogens is 262 g/mol. The molecule has 7 heteroatoms. The average molecular weight is 279 g/mol. The number of aromatic nitrogens is 3. The first-order chi connectivity index (χ1) is 9.22. The third-order valence-corrected chi connectivity index (χ3v) is 3.73. The van der Waals surface area contributed by atoms with Gasteiger partial charge in [0.1, 0.15) is 5.82 Å². The molecule has 0 radical (unpaired) electrons. The molecule has 19 heavy (non-hydrogen) atoms. The molecule has 2 aromatic rings. The largest absolute Gasteiger partial charge is 0.378 e. The molecule has 0 aliphatic carbocycles. The lowest BCUT2D eigenvalue weighted by Crippen LogP contribution is -2.36. The minimum Gasteiger partial charge on any atom is -0.378 e. The summed E-state index contributed by atoms with van der Waals surface area (Å²) in [6, 6.07) is 0.360. The number of fused-ring (bicyclic) bond motifs is 1. The lowest BCUT2D eigenvalue weighted by atomic mass is 10.4. The van der Waals surface area contributed by atoms with Gasteiger partial charge in [0.25, 0.3) is 0 Å². The van der Waals surface area contributed by atoms with Crippen molar-refractivity contribution in [1.82, 2.24) is 15.0 Å². The zero-order valence-corrected chi connectivity index (χ0v) is 11.9. The summed E-state index contributed by atoms with van der Waals surface area (Å²) < 4.78 is 5.35. The van der Waals surface area contributed by atoms with Crippen LogP contribution in [-0.2, 0) is 4.74 Å². The summed E-state index contributed by atoms with van der Waals surface area (Å²) in [6.07, 6.45) is 1.80. The van der Waals surface area contributed by atoms with Crippen molar-refractivity contribution >= 4 is 32.8 Å². The molecular formula is C12H17N5OS. The normalized spacial score (nSPS) is 16.3. The van der Waals surface area contributed by atoms with Gasteiger partial charge in [-0.05, 0) is 13.8 Å². The molecule has 0 amide bonds. The van der Waals surface area contributed by atoms with Crippen LogP contribution in [-0.4, -0.2) is 47.3 Å². The SMILES string of the molecule is CC(C)Nc1nc2ncc(N3CCOCC3)nc2s1. The van der Waals surface area contributed by atoms with Gasteiger partial charge in [-0.1, -0.05) is 11.3 Å². The van der Waals surface area contributed by atoms with Crippen molar-refractivity contribution in [3.8, 4) is 0 Å². The predicted octanol–water partition coefficient (Wildman–Crippen LogP) is 1.74. The van der Waals surface area contributed by atoms with E-state index in [-0.39, 0.29) is 0 Å². The second-order valence-corrected chi connectivity index (χ2v) is 5.75. The molecule has 1 fully saturated rings.